The molecule has 9 aromatic rings. The molecule has 0 spiro atoms. The van der Waals surface area contributed by atoms with E-state index in [1.807, 2.05) is 0 Å². The molecule has 48 heavy (non-hydrogen) atoms. The van der Waals surface area contributed by atoms with Crippen LogP contribution in [-0.2, 0) is 0 Å². The number of aromatic nitrogens is 3. The predicted molar refractivity (Wildman–Crippen MR) is 201 cm³/mol. The Labute approximate surface area is 278 Å². The molecule has 0 saturated carbocycles. The van der Waals surface area contributed by atoms with Gasteiger partial charge in [0.15, 0.2) is 0 Å². The van der Waals surface area contributed by atoms with Crippen LogP contribution in [-0.4, -0.2) is 21.0 Å². The Morgan fingerprint density at radius 3 is 1.85 bits per heavy atom. The zero-order valence-corrected chi connectivity index (χ0v) is 26.1. The molecule has 4 nitrogen and oxygen atoms in total. The van der Waals surface area contributed by atoms with Crippen LogP contribution in [0.1, 0.15) is 0 Å². The van der Waals surface area contributed by atoms with Gasteiger partial charge in [0.2, 0.25) is 0 Å². The van der Waals surface area contributed by atoms with Crippen molar-refractivity contribution in [2.45, 2.75) is 0 Å². The molecule has 0 radical (unpaired) electrons. The summed E-state index contributed by atoms with van der Waals surface area (Å²) >= 11 is 0. The summed E-state index contributed by atoms with van der Waals surface area (Å²) < 4.78 is 4.80. The first-order chi connectivity index (χ1) is 23.8. The third-order valence-corrected chi connectivity index (χ3v) is 9.74. The maximum absolute atomic E-state index is 5.30. The third-order valence-electron chi connectivity index (χ3n) is 9.74. The number of hydrogen-bond acceptors (Lipinski definition) is 2. The highest BCUT2D eigenvalue weighted by Crippen LogP contribution is 2.44. The molecule has 0 N–H and O–H groups in total. The van der Waals surface area contributed by atoms with Crippen LogP contribution in [0.5, 0.6) is 0 Å². The van der Waals surface area contributed by atoms with Crippen LogP contribution in [0, 0.1) is 0 Å². The summed E-state index contributed by atoms with van der Waals surface area (Å²) in [6, 6.07) is 63.1. The van der Waals surface area contributed by atoms with Crippen molar-refractivity contribution in [1.82, 2.24) is 14.0 Å². The van der Waals surface area contributed by atoms with Crippen LogP contribution >= 0.6 is 0 Å². The lowest BCUT2D eigenvalue weighted by molar-refractivity contribution is 1.14. The van der Waals surface area contributed by atoms with Gasteiger partial charge >= 0.3 is 6.98 Å². The van der Waals surface area contributed by atoms with E-state index in [1.54, 1.807) is 0 Å². The highest BCUT2D eigenvalue weighted by atomic mass is 15.2. The van der Waals surface area contributed by atoms with Gasteiger partial charge in [0.1, 0.15) is 5.82 Å². The molecule has 224 valence electrons. The van der Waals surface area contributed by atoms with Crippen LogP contribution in [0.25, 0.3) is 61.0 Å². The van der Waals surface area contributed by atoms with Crippen molar-refractivity contribution < 1.29 is 0 Å². The van der Waals surface area contributed by atoms with Gasteiger partial charge in [0.05, 0.1) is 22.1 Å². The van der Waals surface area contributed by atoms with Gasteiger partial charge in [-0.3, -0.25) is 0 Å². The van der Waals surface area contributed by atoms with Crippen molar-refractivity contribution in [3.63, 3.8) is 0 Å². The number of rotatable bonds is 4. The minimum absolute atomic E-state index is 0.104. The molecule has 1 aliphatic rings. The molecule has 5 heteroatoms. The molecule has 0 aliphatic carbocycles. The Balaban J connectivity index is 1.22. The summed E-state index contributed by atoms with van der Waals surface area (Å²) in [4.78, 5) is 7.76. The van der Waals surface area contributed by atoms with Gasteiger partial charge in [-0.15, -0.1) is 0 Å². The van der Waals surface area contributed by atoms with Gasteiger partial charge in [0, 0.05) is 33.4 Å². The number of benzene rings is 7. The molecular formula is C43H29BN4. The van der Waals surface area contributed by atoms with Crippen molar-refractivity contribution >= 4 is 56.7 Å². The quantitative estimate of drug-likeness (QED) is 0.185. The fourth-order valence-corrected chi connectivity index (χ4v) is 7.63. The average Bonchev–Trinajstić information content (AvgIpc) is 3.71. The van der Waals surface area contributed by atoms with Gasteiger partial charge in [-0.05, 0) is 77.3 Å². The fourth-order valence-electron chi connectivity index (χ4n) is 7.63. The SMILES string of the molecule is c1ccc(B2N(c3ccccc3)c3ccc(-c4ccc5c6ccccc6n(-c6ccccc6)c5c4)cc3-c3nc4ccccc4n32)cc1. The van der Waals surface area contributed by atoms with Gasteiger partial charge in [-0.1, -0.05) is 115 Å². The molecule has 3 heterocycles. The second-order valence-corrected chi connectivity index (χ2v) is 12.4. The third kappa shape index (κ3) is 4.01. The minimum Gasteiger partial charge on any atom is -0.361 e. The molecule has 0 amide bonds. The molecule has 0 saturated heterocycles. The molecule has 2 aromatic heterocycles. The van der Waals surface area contributed by atoms with Crippen molar-refractivity contribution in [2.75, 3.05) is 4.81 Å². The second kappa shape index (κ2) is 10.6. The second-order valence-electron chi connectivity index (χ2n) is 12.4. The molecule has 0 bridgehead atoms. The zero-order valence-electron chi connectivity index (χ0n) is 26.1. The van der Waals surface area contributed by atoms with Crippen LogP contribution < -0.4 is 10.3 Å². The van der Waals surface area contributed by atoms with E-state index in [-0.39, 0.29) is 6.98 Å². The van der Waals surface area contributed by atoms with Gasteiger partial charge in [-0.2, -0.15) is 0 Å². The zero-order chi connectivity index (χ0) is 31.6. The first-order valence-corrected chi connectivity index (χ1v) is 16.4. The minimum atomic E-state index is -0.104. The van der Waals surface area contributed by atoms with E-state index >= 15 is 0 Å². The van der Waals surface area contributed by atoms with Crippen molar-refractivity contribution in [3.8, 4) is 28.2 Å². The maximum Gasteiger partial charge on any atom is 0.421 e. The fraction of sp³-hybridized carbons (Fsp3) is 0. The summed E-state index contributed by atoms with van der Waals surface area (Å²) in [7, 11) is 0. The molecule has 0 fully saturated rings. The Hall–Kier alpha value is -6.33. The number of hydrogen-bond donors (Lipinski definition) is 0. The van der Waals surface area contributed by atoms with Gasteiger partial charge < -0.3 is 13.9 Å². The Bertz CT molecular complexity index is 2620. The van der Waals surface area contributed by atoms with Crippen LogP contribution in [0.2, 0.25) is 0 Å². The monoisotopic (exact) mass is 612 g/mol. The van der Waals surface area contributed by atoms with E-state index in [1.165, 1.54) is 32.8 Å². The normalized spacial score (nSPS) is 12.5. The van der Waals surface area contributed by atoms with E-state index in [2.05, 4.69) is 190 Å². The number of para-hydroxylation sites is 5. The molecule has 7 aromatic carbocycles. The maximum atomic E-state index is 5.30. The number of fused-ring (bicyclic) bond motifs is 8. The standard InChI is InChI=1S/C43H29BN4/c1-4-14-32(15-5-1)44-47(34-18-8-3-9-19-34)40-27-25-30(28-37(40)43-45-38-21-11-13-23-41(38)48(43)44)31-24-26-36-35-20-10-12-22-39(35)46(42(36)29-31)33-16-6-2-7-17-33/h1-29H. The highest BCUT2D eigenvalue weighted by Gasteiger charge is 2.39. The Kier molecular flexibility index (Phi) is 5.94. The summed E-state index contributed by atoms with van der Waals surface area (Å²) in [5, 5.41) is 2.51. The highest BCUT2D eigenvalue weighted by molar-refractivity contribution is 6.78. The lowest BCUT2D eigenvalue weighted by Crippen LogP contribution is -2.54. The van der Waals surface area contributed by atoms with E-state index in [4.69, 9.17) is 4.98 Å². The summed E-state index contributed by atoms with van der Waals surface area (Å²) in [5.41, 5.74) is 12.6. The topological polar surface area (TPSA) is 26.0 Å². The van der Waals surface area contributed by atoms with E-state index in [0.29, 0.717) is 0 Å². The molecule has 0 atom stereocenters. The van der Waals surface area contributed by atoms with E-state index in [0.717, 1.165) is 45.0 Å². The Morgan fingerprint density at radius 2 is 1.06 bits per heavy atom. The van der Waals surface area contributed by atoms with E-state index in [9.17, 15) is 0 Å². The number of anilines is 2. The first-order valence-electron chi connectivity index (χ1n) is 16.4. The first kappa shape index (κ1) is 26.8. The Morgan fingerprint density at radius 1 is 0.458 bits per heavy atom. The van der Waals surface area contributed by atoms with Crippen LogP contribution in [0.15, 0.2) is 176 Å². The number of nitrogens with zero attached hydrogens (tertiary/aromatic N) is 4. The average molecular weight is 613 g/mol. The van der Waals surface area contributed by atoms with E-state index < -0.39 is 0 Å². The lowest BCUT2D eigenvalue weighted by atomic mass is 9.62. The largest absolute Gasteiger partial charge is 0.421 e. The smallest absolute Gasteiger partial charge is 0.361 e. The molecule has 10 rings (SSSR count). The van der Waals surface area contributed by atoms with Crippen LogP contribution in [0.3, 0.4) is 0 Å². The van der Waals surface area contributed by atoms with Crippen molar-refractivity contribution in [2.24, 2.45) is 0 Å². The summed E-state index contributed by atoms with van der Waals surface area (Å²) in [6.45, 7) is -0.104. The van der Waals surface area contributed by atoms with Crippen molar-refractivity contribution in [3.05, 3.63) is 176 Å². The van der Waals surface area contributed by atoms with Gasteiger partial charge in [-0.25, -0.2) is 4.98 Å². The summed E-state index contributed by atoms with van der Waals surface area (Å²) in [6.07, 6.45) is 0. The lowest BCUT2D eigenvalue weighted by Gasteiger charge is -2.38. The molecule has 0 unspecified atom stereocenters. The van der Waals surface area contributed by atoms with Crippen molar-refractivity contribution in [1.29, 1.82) is 0 Å². The summed E-state index contributed by atoms with van der Waals surface area (Å²) in [5.74, 6) is 0.980. The molecule has 1 aliphatic heterocycles. The predicted octanol–water partition coefficient (Wildman–Crippen LogP) is 9.86. The molecular weight excluding hydrogens is 583 g/mol. The van der Waals surface area contributed by atoms with Gasteiger partial charge in [0.25, 0.3) is 0 Å². The number of imidazole rings is 1. The van der Waals surface area contributed by atoms with Crippen LogP contribution in [0.4, 0.5) is 11.4 Å².